The van der Waals surface area contributed by atoms with Gasteiger partial charge in [-0.25, -0.2) is 0 Å². The number of pyridine rings is 1. The molecule has 0 aliphatic carbocycles. The third-order valence-corrected chi connectivity index (χ3v) is 11.9. The zero-order valence-corrected chi connectivity index (χ0v) is 30.9. The number of hydrogen-bond donors (Lipinski definition) is 3. The summed E-state index contributed by atoms with van der Waals surface area (Å²) < 4.78 is 16.1. The molecule has 4 aliphatic heterocycles. The molecule has 3 aromatic rings. The molecule has 4 aliphatic rings. The van der Waals surface area contributed by atoms with Crippen LogP contribution in [0.3, 0.4) is 0 Å². The molecule has 14 heteroatoms. The SMILES string of the molecule is CC(CN1CCOCC1)C(=O)Nc1ccc2c(c1)Sc1cccc(-c3cc(N4CCOCC4)cc(=O)[nH]3)c1S2.CC(CN1CCOCC1)C(=O)O. The van der Waals surface area contributed by atoms with Crippen molar-refractivity contribution in [2.45, 2.75) is 33.4 Å². The predicted molar refractivity (Wildman–Crippen MR) is 199 cm³/mol. The van der Waals surface area contributed by atoms with E-state index in [1.165, 1.54) is 0 Å². The molecule has 5 heterocycles. The van der Waals surface area contributed by atoms with Crippen LogP contribution in [-0.4, -0.2) is 124 Å². The average Bonchev–Trinajstić information content (AvgIpc) is 3.15. The van der Waals surface area contributed by atoms with E-state index in [9.17, 15) is 14.4 Å². The molecule has 1 aromatic heterocycles. The molecule has 3 fully saturated rings. The second-order valence-electron chi connectivity index (χ2n) is 13.2. The fraction of sp³-hybridized carbons (Fsp3) is 0.486. The lowest BCUT2D eigenvalue weighted by Crippen LogP contribution is -2.41. The Balaban J connectivity index is 0.000000318. The number of nitrogens with one attached hydrogen (secondary N) is 2. The lowest BCUT2D eigenvalue weighted by molar-refractivity contribution is -0.142. The van der Waals surface area contributed by atoms with Gasteiger partial charge in [-0.3, -0.25) is 24.2 Å². The number of anilines is 2. The molecule has 0 spiro atoms. The number of carbonyl (C=O) groups excluding carboxylic acids is 1. The summed E-state index contributed by atoms with van der Waals surface area (Å²) in [5.74, 6) is -1.08. The number of ether oxygens (including phenoxy) is 3. The van der Waals surface area contributed by atoms with Crippen molar-refractivity contribution in [2.24, 2.45) is 11.8 Å². The normalized spacial score (nSPS) is 19.1. The molecule has 0 saturated carbocycles. The zero-order valence-electron chi connectivity index (χ0n) is 29.2. The number of rotatable bonds is 9. The van der Waals surface area contributed by atoms with Crippen molar-refractivity contribution in [3.63, 3.8) is 0 Å². The molecular weight excluding hydrogens is 691 g/mol. The van der Waals surface area contributed by atoms with Crippen molar-refractivity contribution in [1.29, 1.82) is 0 Å². The second-order valence-corrected chi connectivity index (χ2v) is 15.3. The number of carboxylic acid groups (broad SMARTS) is 1. The predicted octanol–water partition coefficient (Wildman–Crippen LogP) is 4.44. The number of benzene rings is 2. The van der Waals surface area contributed by atoms with E-state index in [-0.39, 0.29) is 23.3 Å². The number of H-pyrrole nitrogens is 1. The number of morpholine rings is 3. The highest BCUT2D eigenvalue weighted by Crippen LogP contribution is 2.52. The standard InChI is InChI=1S/C29H32N4O4S2.C8H15NO3/c1-19(18-32-7-11-36-12-8-32)29(35)30-20-5-6-24-26(15-20)38-25-4-2-3-22(28(25)39-24)23-16-21(17-27(34)31-23)33-9-13-37-14-10-33;1-7(8(10)11)6-9-2-4-12-5-3-9/h2-6,15-17,19H,7-14,18H2,1H3,(H,30,35)(H,31,34);7H,2-6H2,1H3,(H,10,11). The van der Waals surface area contributed by atoms with E-state index in [4.69, 9.17) is 19.3 Å². The van der Waals surface area contributed by atoms with Crippen LogP contribution in [0.15, 0.2) is 72.9 Å². The van der Waals surface area contributed by atoms with E-state index >= 15 is 0 Å². The maximum atomic E-state index is 12.9. The molecule has 12 nitrogen and oxygen atoms in total. The van der Waals surface area contributed by atoms with Gasteiger partial charge in [-0.15, -0.1) is 0 Å². The van der Waals surface area contributed by atoms with Gasteiger partial charge in [0, 0.05) is 101 Å². The maximum absolute atomic E-state index is 12.9. The summed E-state index contributed by atoms with van der Waals surface area (Å²) in [5.41, 5.74) is 3.45. The van der Waals surface area contributed by atoms with Gasteiger partial charge in [0.15, 0.2) is 0 Å². The van der Waals surface area contributed by atoms with Crippen LogP contribution < -0.4 is 15.8 Å². The van der Waals surface area contributed by atoms with Crippen LogP contribution >= 0.6 is 23.5 Å². The number of carboxylic acids is 1. The topological polar surface area (TPSA) is 137 Å². The minimum Gasteiger partial charge on any atom is -0.481 e. The summed E-state index contributed by atoms with van der Waals surface area (Å²) in [6.45, 7) is 14.3. The first-order valence-electron chi connectivity index (χ1n) is 17.6. The molecule has 274 valence electrons. The lowest BCUT2D eigenvalue weighted by atomic mass is 10.1. The minimum atomic E-state index is -0.721. The van der Waals surface area contributed by atoms with Crippen molar-refractivity contribution < 1.29 is 28.9 Å². The highest BCUT2D eigenvalue weighted by atomic mass is 32.2. The van der Waals surface area contributed by atoms with Crippen molar-refractivity contribution in [3.05, 3.63) is 58.9 Å². The molecule has 3 N–H and O–H groups in total. The first-order valence-corrected chi connectivity index (χ1v) is 19.2. The summed E-state index contributed by atoms with van der Waals surface area (Å²) in [5, 5.41) is 11.8. The molecule has 2 unspecified atom stereocenters. The second kappa shape index (κ2) is 17.9. The Bertz CT molecular complexity index is 1720. The van der Waals surface area contributed by atoms with E-state index in [0.717, 1.165) is 114 Å². The summed E-state index contributed by atoms with van der Waals surface area (Å²) in [7, 11) is 0. The Morgan fingerprint density at radius 1 is 0.784 bits per heavy atom. The fourth-order valence-electron chi connectivity index (χ4n) is 6.34. The van der Waals surface area contributed by atoms with Crippen LogP contribution in [0.25, 0.3) is 11.3 Å². The molecule has 2 aromatic carbocycles. The average molecular weight is 738 g/mol. The van der Waals surface area contributed by atoms with Crippen LogP contribution in [0.5, 0.6) is 0 Å². The number of fused-ring (bicyclic) bond motifs is 2. The van der Waals surface area contributed by atoms with Gasteiger partial charge in [-0.2, -0.15) is 0 Å². The Hall–Kier alpha value is -3.37. The highest BCUT2D eigenvalue weighted by molar-refractivity contribution is 8.05. The van der Waals surface area contributed by atoms with Gasteiger partial charge >= 0.3 is 5.97 Å². The molecular formula is C37H47N5O7S2. The largest absolute Gasteiger partial charge is 0.481 e. The van der Waals surface area contributed by atoms with Crippen LogP contribution in [0.2, 0.25) is 0 Å². The van der Waals surface area contributed by atoms with Crippen molar-refractivity contribution in [3.8, 4) is 11.3 Å². The highest BCUT2D eigenvalue weighted by Gasteiger charge is 2.24. The lowest BCUT2D eigenvalue weighted by Gasteiger charge is -2.29. The third kappa shape index (κ3) is 10.2. The Kier molecular flexibility index (Phi) is 13.1. The van der Waals surface area contributed by atoms with Gasteiger partial charge in [-0.05, 0) is 30.3 Å². The summed E-state index contributed by atoms with van der Waals surface area (Å²) in [6, 6.07) is 16.0. The number of aromatic nitrogens is 1. The molecule has 7 rings (SSSR count). The van der Waals surface area contributed by atoms with Crippen LogP contribution in [0, 0.1) is 11.8 Å². The van der Waals surface area contributed by atoms with E-state index in [2.05, 4.69) is 55.3 Å². The van der Waals surface area contributed by atoms with Crippen LogP contribution in [0.4, 0.5) is 11.4 Å². The third-order valence-electron chi connectivity index (χ3n) is 9.26. The smallest absolute Gasteiger partial charge is 0.307 e. The number of amides is 1. The zero-order chi connectivity index (χ0) is 35.7. The van der Waals surface area contributed by atoms with E-state index in [0.29, 0.717) is 19.8 Å². The van der Waals surface area contributed by atoms with Gasteiger partial charge < -0.3 is 34.5 Å². The van der Waals surface area contributed by atoms with Crippen molar-refractivity contribution in [1.82, 2.24) is 14.8 Å². The van der Waals surface area contributed by atoms with E-state index in [1.807, 2.05) is 19.1 Å². The van der Waals surface area contributed by atoms with Gasteiger partial charge in [-0.1, -0.05) is 49.5 Å². The summed E-state index contributed by atoms with van der Waals surface area (Å²) >= 11 is 3.39. The molecule has 3 saturated heterocycles. The van der Waals surface area contributed by atoms with Crippen molar-refractivity contribution in [2.75, 3.05) is 102 Å². The number of aromatic amines is 1. The first kappa shape index (κ1) is 37.4. The minimum absolute atomic E-state index is 0.0293. The molecule has 0 bridgehead atoms. The number of hydrogen-bond acceptors (Lipinski definition) is 11. The van der Waals surface area contributed by atoms with Crippen molar-refractivity contribution >= 4 is 46.8 Å². The maximum Gasteiger partial charge on any atom is 0.307 e. The van der Waals surface area contributed by atoms with Gasteiger partial charge in [0.05, 0.1) is 51.3 Å². The number of aliphatic carboxylic acids is 1. The first-order chi connectivity index (χ1) is 24.7. The summed E-state index contributed by atoms with van der Waals surface area (Å²) in [4.78, 5) is 50.2. The van der Waals surface area contributed by atoms with Gasteiger partial charge in [0.2, 0.25) is 11.5 Å². The fourth-order valence-corrected chi connectivity index (χ4v) is 8.75. The molecule has 0 radical (unpaired) electrons. The Labute approximate surface area is 307 Å². The van der Waals surface area contributed by atoms with Crippen LogP contribution in [-0.2, 0) is 23.8 Å². The monoisotopic (exact) mass is 737 g/mol. The molecule has 51 heavy (non-hydrogen) atoms. The quantitative estimate of drug-likeness (QED) is 0.224. The Morgan fingerprint density at radius 2 is 1.41 bits per heavy atom. The molecule has 2 atom stereocenters. The van der Waals surface area contributed by atoms with Crippen LogP contribution in [0.1, 0.15) is 13.8 Å². The van der Waals surface area contributed by atoms with E-state index < -0.39 is 5.97 Å². The number of nitrogens with zero attached hydrogens (tertiary/aromatic N) is 3. The van der Waals surface area contributed by atoms with E-state index in [1.54, 1.807) is 36.5 Å². The molecule has 1 amide bonds. The van der Waals surface area contributed by atoms with Gasteiger partial charge in [0.1, 0.15) is 0 Å². The Morgan fingerprint density at radius 3 is 2.06 bits per heavy atom. The van der Waals surface area contributed by atoms with Gasteiger partial charge in [0.25, 0.3) is 0 Å². The summed E-state index contributed by atoms with van der Waals surface area (Å²) in [6.07, 6.45) is 0. The number of carbonyl (C=O) groups is 2.